The number of anilines is 3. The maximum absolute atomic E-state index is 13.2. The second-order valence-corrected chi connectivity index (χ2v) is 12.4. The van der Waals surface area contributed by atoms with Crippen molar-refractivity contribution in [3.63, 3.8) is 0 Å². The molecule has 10 nitrogen and oxygen atoms in total. The second kappa shape index (κ2) is 15.0. The molecular formula is C35H42F2N6O4. The lowest BCUT2D eigenvalue weighted by atomic mass is 9.88. The molecule has 2 aromatic carbocycles. The van der Waals surface area contributed by atoms with Crippen LogP contribution in [0, 0.1) is 0 Å². The van der Waals surface area contributed by atoms with E-state index in [0.717, 1.165) is 37.0 Å². The molecule has 3 heterocycles. The first-order chi connectivity index (χ1) is 22.5. The van der Waals surface area contributed by atoms with Crippen molar-refractivity contribution in [2.24, 2.45) is 0 Å². The highest BCUT2D eigenvalue weighted by atomic mass is 19.3. The Bertz CT molecular complexity index is 1660. The third-order valence-electron chi connectivity index (χ3n) is 8.26. The summed E-state index contributed by atoms with van der Waals surface area (Å²) in [6, 6.07) is 18.3. The fourth-order valence-electron chi connectivity index (χ4n) is 6.05. The maximum Gasteiger partial charge on any atom is 0.325 e. The third kappa shape index (κ3) is 8.91. The van der Waals surface area contributed by atoms with Gasteiger partial charge < -0.3 is 30.3 Å². The van der Waals surface area contributed by atoms with Crippen molar-refractivity contribution in [1.29, 1.82) is 0 Å². The highest BCUT2D eigenvalue weighted by Crippen LogP contribution is 2.31. The number of β-amino-alcohol motifs (C(OH)–C–C–N with tert-alkyl or cyclic N) is 1. The van der Waals surface area contributed by atoms with Crippen LogP contribution in [0.1, 0.15) is 48.5 Å². The van der Waals surface area contributed by atoms with Crippen molar-refractivity contribution < 1.29 is 28.2 Å². The number of nitrogens with one attached hydrogen (secondary N) is 2. The number of halogens is 2. The zero-order valence-electron chi connectivity index (χ0n) is 27.0. The normalized spacial score (nSPS) is 14.4. The predicted molar refractivity (Wildman–Crippen MR) is 179 cm³/mol. The number of aliphatic hydroxyl groups is 1. The lowest BCUT2D eigenvalue weighted by Crippen LogP contribution is -2.42. The van der Waals surface area contributed by atoms with Gasteiger partial charge in [-0.3, -0.25) is 9.36 Å². The number of alkyl halides is 2. The summed E-state index contributed by atoms with van der Waals surface area (Å²) in [4.78, 5) is 34.0. The van der Waals surface area contributed by atoms with E-state index in [1.54, 1.807) is 31.6 Å². The Hall–Kier alpha value is -4.39. The second-order valence-electron chi connectivity index (χ2n) is 12.4. The van der Waals surface area contributed by atoms with Crippen LogP contribution in [0.25, 0.3) is 10.9 Å². The molecule has 1 fully saturated rings. The molecule has 4 aromatic rings. The van der Waals surface area contributed by atoms with Crippen LogP contribution >= 0.6 is 0 Å². The smallest absolute Gasteiger partial charge is 0.325 e. The summed E-state index contributed by atoms with van der Waals surface area (Å²) in [5.41, 5.74) is 3.12. The van der Waals surface area contributed by atoms with E-state index >= 15 is 0 Å². The van der Waals surface area contributed by atoms with E-state index in [9.17, 15) is 23.5 Å². The van der Waals surface area contributed by atoms with Crippen LogP contribution in [0.4, 0.5) is 30.8 Å². The number of fused-ring (bicyclic) bond motifs is 1. The number of hydrogen-bond acceptors (Lipinski definition) is 7. The van der Waals surface area contributed by atoms with Gasteiger partial charge in [0.25, 0.3) is 12.3 Å². The van der Waals surface area contributed by atoms with Gasteiger partial charge in [0.15, 0.2) is 0 Å². The lowest BCUT2D eigenvalue weighted by Gasteiger charge is -2.35. The molecule has 2 amide bonds. The molecule has 0 atom stereocenters. The summed E-state index contributed by atoms with van der Waals surface area (Å²) in [5, 5.41) is 16.4. The molecule has 1 aliphatic rings. The number of carbonyl (C=O) groups excluding carboxylic acids is 2. The minimum Gasteiger partial charge on any atom is -0.389 e. The van der Waals surface area contributed by atoms with Crippen LogP contribution in [0.15, 0.2) is 73.1 Å². The van der Waals surface area contributed by atoms with Crippen molar-refractivity contribution in [2.75, 3.05) is 56.7 Å². The quantitative estimate of drug-likeness (QED) is 0.165. The average Bonchev–Trinajstić information content (AvgIpc) is 3.47. The molecule has 0 bridgehead atoms. The highest BCUT2D eigenvalue weighted by Gasteiger charge is 2.25. The van der Waals surface area contributed by atoms with E-state index in [0.29, 0.717) is 35.0 Å². The lowest BCUT2D eigenvalue weighted by molar-refractivity contribution is 0.0206. The molecule has 3 N–H and O–H groups in total. The zero-order chi connectivity index (χ0) is 33.6. The molecule has 1 aliphatic heterocycles. The molecule has 47 heavy (non-hydrogen) atoms. The van der Waals surface area contributed by atoms with Gasteiger partial charge in [0.05, 0.1) is 17.7 Å². The van der Waals surface area contributed by atoms with Crippen LogP contribution in [0.2, 0.25) is 0 Å². The fraction of sp³-hybridized carbons (Fsp3) is 0.400. The topological polar surface area (TPSA) is 112 Å². The molecule has 0 spiro atoms. The van der Waals surface area contributed by atoms with Gasteiger partial charge in [0, 0.05) is 60.9 Å². The summed E-state index contributed by atoms with van der Waals surface area (Å²) in [5.74, 6) is 0.437. The molecule has 2 aromatic heterocycles. The number of piperidine rings is 1. The van der Waals surface area contributed by atoms with Gasteiger partial charge in [-0.25, -0.2) is 18.6 Å². The standard InChI is InChI=1S/C35H42F2N6O4/c1-35(2,46)23-41-15-11-25(12-16-41)24-4-6-26(7-5-24)33(44)40-32-21-29(10-14-39-32)42(18-19-47-22-31(36)37)28-8-9-30-27(20-28)13-17-43(30)34(45)38-3/h4-10,13-14,17,20-21,25,31,46H,11-12,15-16,18-19,22-23H2,1-3H3,(H,38,45)(H,39,40,44). The minimum absolute atomic E-state index is 0.0381. The SMILES string of the molecule is CNC(=O)n1ccc2cc(N(CCOCC(F)F)c3ccnc(NC(=O)c4ccc(C5CCN(CC(C)(C)O)CC5)cc4)c3)ccc21. The number of likely N-dealkylation sites (tertiary alicyclic amines) is 1. The van der Waals surface area contributed by atoms with E-state index in [-0.39, 0.29) is 25.1 Å². The number of carbonyl (C=O) groups is 2. The van der Waals surface area contributed by atoms with Gasteiger partial charge >= 0.3 is 6.03 Å². The first-order valence-corrected chi connectivity index (χ1v) is 15.8. The Kier molecular flexibility index (Phi) is 10.8. The largest absolute Gasteiger partial charge is 0.389 e. The van der Waals surface area contributed by atoms with E-state index in [2.05, 4.69) is 20.5 Å². The number of ether oxygens (including phenoxy) is 1. The number of amides is 2. The Morgan fingerprint density at radius 3 is 2.47 bits per heavy atom. The van der Waals surface area contributed by atoms with Crippen molar-refractivity contribution in [3.8, 4) is 0 Å². The molecule has 250 valence electrons. The summed E-state index contributed by atoms with van der Waals surface area (Å²) in [6.07, 6.45) is 2.67. The molecule has 0 radical (unpaired) electrons. The van der Waals surface area contributed by atoms with Crippen LogP contribution in [0.3, 0.4) is 0 Å². The zero-order valence-corrected chi connectivity index (χ0v) is 27.0. The van der Waals surface area contributed by atoms with Gasteiger partial charge in [-0.15, -0.1) is 0 Å². The molecule has 12 heteroatoms. The van der Waals surface area contributed by atoms with E-state index < -0.39 is 18.6 Å². The van der Waals surface area contributed by atoms with Crippen LogP contribution in [0.5, 0.6) is 0 Å². The van der Waals surface area contributed by atoms with Crippen molar-refractivity contribution >= 4 is 40.0 Å². The first-order valence-electron chi connectivity index (χ1n) is 15.8. The molecular weight excluding hydrogens is 606 g/mol. The fourth-order valence-corrected chi connectivity index (χ4v) is 6.05. The summed E-state index contributed by atoms with van der Waals surface area (Å²) < 4.78 is 32.2. The highest BCUT2D eigenvalue weighted by molar-refractivity contribution is 6.04. The van der Waals surface area contributed by atoms with Crippen molar-refractivity contribution in [3.05, 3.63) is 84.2 Å². The molecule has 0 aliphatic carbocycles. The summed E-state index contributed by atoms with van der Waals surface area (Å²) in [6.45, 7) is 5.78. The van der Waals surface area contributed by atoms with Crippen LogP contribution < -0.4 is 15.5 Å². The van der Waals surface area contributed by atoms with Crippen molar-refractivity contribution in [2.45, 2.75) is 44.6 Å². The van der Waals surface area contributed by atoms with Gasteiger partial charge in [-0.2, -0.15) is 0 Å². The molecule has 1 saturated heterocycles. The van der Waals surface area contributed by atoms with Crippen LogP contribution in [-0.4, -0.2) is 90.0 Å². The first kappa shape index (κ1) is 34.0. The van der Waals surface area contributed by atoms with Gasteiger partial charge in [0.2, 0.25) is 0 Å². The maximum atomic E-state index is 13.2. The average molecular weight is 649 g/mol. The Morgan fingerprint density at radius 1 is 1.06 bits per heavy atom. The number of hydrogen-bond donors (Lipinski definition) is 3. The molecule has 5 rings (SSSR count). The summed E-state index contributed by atoms with van der Waals surface area (Å²) in [7, 11) is 1.56. The van der Waals surface area contributed by atoms with Gasteiger partial charge in [-0.05, 0) is 93.7 Å². The van der Waals surface area contributed by atoms with Crippen molar-refractivity contribution in [1.82, 2.24) is 19.8 Å². The third-order valence-corrected chi connectivity index (χ3v) is 8.26. The van der Waals surface area contributed by atoms with E-state index in [1.165, 1.54) is 10.1 Å². The molecule has 0 unspecified atom stereocenters. The molecule has 0 saturated carbocycles. The number of nitrogens with zero attached hydrogens (tertiary/aromatic N) is 4. The van der Waals surface area contributed by atoms with Gasteiger partial charge in [-0.1, -0.05) is 12.1 Å². The van der Waals surface area contributed by atoms with Crippen LogP contribution in [-0.2, 0) is 4.74 Å². The number of pyridine rings is 1. The number of rotatable bonds is 12. The van der Waals surface area contributed by atoms with Gasteiger partial charge in [0.1, 0.15) is 12.4 Å². The Morgan fingerprint density at radius 2 is 1.79 bits per heavy atom. The number of aromatic nitrogens is 2. The minimum atomic E-state index is -2.57. The van der Waals surface area contributed by atoms with E-state index in [4.69, 9.17) is 4.74 Å². The number of benzene rings is 2. The van der Waals surface area contributed by atoms with E-state index in [1.807, 2.05) is 67.3 Å². The Labute approximate surface area is 273 Å². The Balaban J connectivity index is 1.28. The summed E-state index contributed by atoms with van der Waals surface area (Å²) >= 11 is 0. The monoisotopic (exact) mass is 648 g/mol. The predicted octanol–water partition coefficient (Wildman–Crippen LogP) is 5.85.